The number of ether oxygens (including phenoxy) is 1. The molecule has 0 unspecified atom stereocenters. The Labute approximate surface area is 267 Å². The van der Waals surface area contributed by atoms with Gasteiger partial charge in [-0.15, -0.1) is 13.2 Å². The Bertz CT molecular complexity index is 1930. The molecule has 2 aromatic heterocycles. The molecule has 5 aromatic rings. The first kappa shape index (κ1) is 33.2. The molecule has 0 radical (unpaired) electrons. The Kier molecular flexibility index (Phi) is 9.93. The maximum absolute atomic E-state index is 13.1. The number of halogens is 3. The van der Waals surface area contributed by atoms with E-state index in [1.807, 2.05) is 18.2 Å². The lowest BCUT2D eigenvalue weighted by Crippen LogP contribution is -2.58. The van der Waals surface area contributed by atoms with Gasteiger partial charge in [0.25, 0.3) is 0 Å². The van der Waals surface area contributed by atoms with E-state index in [1.165, 1.54) is 35.4 Å². The van der Waals surface area contributed by atoms with Gasteiger partial charge in [0.05, 0.1) is 17.3 Å². The van der Waals surface area contributed by atoms with Crippen molar-refractivity contribution in [3.8, 4) is 16.9 Å². The predicted octanol–water partition coefficient (Wildman–Crippen LogP) is 4.09. The van der Waals surface area contributed by atoms with Crippen molar-refractivity contribution in [3.63, 3.8) is 0 Å². The van der Waals surface area contributed by atoms with Crippen LogP contribution < -0.4 is 15.4 Å². The topological polar surface area (TPSA) is 165 Å². The smallest absolute Gasteiger partial charge is 0.480 e. The van der Waals surface area contributed by atoms with Gasteiger partial charge in [-0.3, -0.25) is 4.79 Å². The standard InChI is InChI=1S/C18H15F3N6O5S.C13H13N/c19-18(20,21)32-11-1-3-12(4-2-11)33(30,31)27-6-5-26(9-14(27)17(28)29)15-8-23-13-7-22-10-24-16(13)25-15;14-10-11-6-8-13(9-7-11)12-4-2-1-3-5-12/h1-4,7-8,10,14H,5-6,9H2,(H,28,29);1-9H,10,14H2/t14-;/m1./s1. The summed E-state index contributed by atoms with van der Waals surface area (Å²) in [4.78, 5) is 29.4. The zero-order chi connectivity index (χ0) is 33.6. The lowest BCUT2D eigenvalue weighted by atomic mass is 10.0. The Balaban J connectivity index is 0.000000257. The number of hydrogen-bond donors (Lipinski definition) is 2. The van der Waals surface area contributed by atoms with Gasteiger partial charge >= 0.3 is 12.3 Å². The minimum Gasteiger partial charge on any atom is -0.480 e. The van der Waals surface area contributed by atoms with E-state index < -0.39 is 34.1 Å². The van der Waals surface area contributed by atoms with Crippen LogP contribution in [0.5, 0.6) is 5.75 Å². The molecule has 1 atom stereocenters. The normalized spacial score (nSPS) is 15.5. The van der Waals surface area contributed by atoms with Crippen LogP contribution in [-0.4, -0.2) is 75.8 Å². The quantitative estimate of drug-likeness (QED) is 0.257. The van der Waals surface area contributed by atoms with Gasteiger partial charge in [-0.1, -0.05) is 54.6 Å². The largest absolute Gasteiger partial charge is 0.573 e. The first-order valence-electron chi connectivity index (χ1n) is 14.1. The molecule has 0 spiro atoms. The van der Waals surface area contributed by atoms with Crippen LogP contribution in [-0.2, 0) is 21.4 Å². The Hall–Kier alpha value is -5.19. The van der Waals surface area contributed by atoms with Crippen LogP contribution in [0.2, 0.25) is 0 Å². The third kappa shape index (κ3) is 8.16. The van der Waals surface area contributed by atoms with Crippen molar-refractivity contribution in [2.75, 3.05) is 24.5 Å². The molecule has 0 saturated carbocycles. The predicted molar refractivity (Wildman–Crippen MR) is 166 cm³/mol. The zero-order valence-electron chi connectivity index (χ0n) is 24.5. The summed E-state index contributed by atoms with van der Waals surface area (Å²) in [5.74, 6) is -1.67. The molecular weight excluding hydrogens is 639 g/mol. The van der Waals surface area contributed by atoms with E-state index >= 15 is 0 Å². The van der Waals surface area contributed by atoms with Crippen molar-refractivity contribution >= 4 is 33.0 Å². The highest BCUT2D eigenvalue weighted by Gasteiger charge is 2.41. The lowest BCUT2D eigenvalue weighted by molar-refractivity contribution is -0.274. The second kappa shape index (κ2) is 14.1. The minimum atomic E-state index is -4.93. The number of hydrogen-bond acceptors (Lipinski definition) is 10. The van der Waals surface area contributed by atoms with E-state index in [-0.39, 0.29) is 24.5 Å². The average molecular weight is 668 g/mol. The molecular formula is C31H28F3N7O5S. The molecule has 3 N–H and O–H groups in total. The molecule has 0 amide bonds. The summed E-state index contributed by atoms with van der Waals surface area (Å²) in [6.07, 6.45) is -0.762. The molecule has 244 valence electrons. The number of carboxylic acid groups (broad SMARTS) is 1. The second-order valence-corrected chi connectivity index (χ2v) is 12.1. The van der Waals surface area contributed by atoms with E-state index in [0.29, 0.717) is 23.5 Å². The van der Waals surface area contributed by atoms with E-state index in [2.05, 4.69) is 61.1 Å². The number of nitrogens with zero attached hydrogens (tertiary/aromatic N) is 6. The van der Waals surface area contributed by atoms with Crippen LogP contribution in [0.3, 0.4) is 0 Å². The maximum atomic E-state index is 13.1. The highest BCUT2D eigenvalue weighted by molar-refractivity contribution is 7.89. The molecule has 0 bridgehead atoms. The van der Waals surface area contributed by atoms with Gasteiger partial charge in [-0.25, -0.2) is 28.4 Å². The van der Waals surface area contributed by atoms with Gasteiger partial charge < -0.3 is 20.5 Å². The van der Waals surface area contributed by atoms with E-state index in [9.17, 15) is 31.5 Å². The van der Waals surface area contributed by atoms with Crippen LogP contribution in [0.15, 0.2) is 102 Å². The number of carbonyl (C=O) groups is 1. The molecule has 1 aliphatic heterocycles. The summed E-state index contributed by atoms with van der Waals surface area (Å²) in [6, 6.07) is 20.8. The van der Waals surface area contributed by atoms with Gasteiger partial charge in [-0.05, 0) is 41.0 Å². The zero-order valence-corrected chi connectivity index (χ0v) is 25.3. The third-order valence-electron chi connectivity index (χ3n) is 7.11. The minimum absolute atomic E-state index is 0.101. The van der Waals surface area contributed by atoms with E-state index in [4.69, 9.17) is 5.73 Å². The number of rotatable bonds is 7. The summed E-state index contributed by atoms with van der Waals surface area (Å²) in [5.41, 5.74) is 9.93. The van der Waals surface area contributed by atoms with Crippen LogP contribution in [0.25, 0.3) is 22.3 Å². The molecule has 16 heteroatoms. The molecule has 6 rings (SSSR count). The molecule has 0 aliphatic carbocycles. The number of aliphatic carboxylic acids is 1. The number of piperazine rings is 1. The first-order valence-corrected chi connectivity index (χ1v) is 15.5. The summed E-state index contributed by atoms with van der Waals surface area (Å²) in [5, 5.41) is 9.69. The van der Waals surface area contributed by atoms with Crippen molar-refractivity contribution in [2.24, 2.45) is 5.73 Å². The number of sulfonamides is 1. The second-order valence-electron chi connectivity index (χ2n) is 10.2. The van der Waals surface area contributed by atoms with Crippen LogP contribution in [0.4, 0.5) is 19.0 Å². The van der Waals surface area contributed by atoms with Crippen LogP contribution in [0, 0.1) is 0 Å². The summed E-state index contributed by atoms with van der Waals surface area (Å²) in [7, 11) is -4.32. The number of fused-ring (bicyclic) bond motifs is 1. The fraction of sp³-hybridized carbons (Fsp3) is 0.194. The maximum Gasteiger partial charge on any atom is 0.573 e. The third-order valence-corrected chi connectivity index (χ3v) is 9.04. The highest BCUT2D eigenvalue weighted by Crippen LogP contribution is 2.28. The highest BCUT2D eigenvalue weighted by atomic mass is 32.2. The molecule has 1 aliphatic rings. The Morgan fingerprint density at radius 3 is 2.26 bits per heavy atom. The van der Waals surface area contributed by atoms with Crippen molar-refractivity contribution in [1.29, 1.82) is 0 Å². The first-order chi connectivity index (χ1) is 22.4. The van der Waals surface area contributed by atoms with Crippen molar-refractivity contribution in [2.45, 2.75) is 23.8 Å². The average Bonchev–Trinajstić information content (AvgIpc) is 3.08. The Morgan fingerprint density at radius 2 is 1.62 bits per heavy atom. The SMILES string of the molecule is NCc1ccc(-c2ccccc2)cc1.O=C(O)[C@H]1CN(c2cnc3cncnc3n2)CCN1S(=O)(=O)c1ccc(OC(F)(F)F)cc1. The molecule has 3 aromatic carbocycles. The number of benzene rings is 3. The van der Waals surface area contributed by atoms with Gasteiger partial charge in [0, 0.05) is 26.2 Å². The fourth-order valence-electron chi connectivity index (χ4n) is 4.79. The summed E-state index contributed by atoms with van der Waals surface area (Å²) in [6.45, 7) is 0.275. The van der Waals surface area contributed by atoms with Gasteiger partial charge in [-0.2, -0.15) is 4.31 Å². The van der Waals surface area contributed by atoms with Crippen LogP contribution >= 0.6 is 0 Å². The molecule has 1 fully saturated rings. The fourth-order valence-corrected chi connectivity index (χ4v) is 6.35. The summed E-state index contributed by atoms with van der Waals surface area (Å²) >= 11 is 0. The van der Waals surface area contributed by atoms with Gasteiger partial charge in [0.15, 0.2) is 5.65 Å². The molecule has 12 nitrogen and oxygen atoms in total. The van der Waals surface area contributed by atoms with Crippen molar-refractivity contribution in [3.05, 3.63) is 103 Å². The molecule has 1 saturated heterocycles. The number of alkyl halides is 3. The molecule has 3 heterocycles. The Morgan fingerprint density at radius 1 is 0.936 bits per heavy atom. The lowest BCUT2D eigenvalue weighted by Gasteiger charge is -2.38. The number of aromatic nitrogens is 4. The number of carboxylic acids is 1. The van der Waals surface area contributed by atoms with Crippen molar-refractivity contribution < 1.29 is 36.2 Å². The number of nitrogens with two attached hydrogens (primary N) is 1. The summed E-state index contributed by atoms with van der Waals surface area (Å²) < 4.78 is 67.6. The van der Waals surface area contributed by atoms with Gasteiger partial charge in [0.2, 0.25) is 10.0 Å². The van der Waals surface area contributed by atoms with E-state index in [1.54, 1.807) is 4.90 Å². The van der Waals surface area contributed by atoms with Gasteiger partial charge in [0.1, 0.15) is 29.5 Å². The monoisotopic (exact) mass is 667 g/mol. The number of anilines is 1. The van der Waals surface area contributed by atoms with E-state index in [0.717, 1.165) is 28.6 Å². The van der Waals surface area contributed by atoms with Crippen LogP contribution in [0.1, 0.15) is 5.56 Å². The van der Waals surface area contributed by atoms with Crippen molar-refractivity contribution in [1.82, 2.24) is 24.2 Å². The molecule has 47 heavy (non-hydrogen) atoms.